The molecule has 0 radical (unpaired) electrons. The first-order valence-corrected chi connectivity index (χ1v) is 13.4. The number of pyridine rings is 1. The molecular formula is C29H22Cl2N4O3S. The van der Waals surface area contributed by atoms with Crippen LogP contribution in [0.25, 0.3) is 6.08 Å². The summed E-state index contributed by atoms with van der Waals surface area (Å²) in [5.74, 6) is -0.958. The van der Waals surface area contributed by atoms with E-state index in [1.54, 1.807) is 97.3 Å². The van der Waals surface area contributed by atoms with Gasteiger partial charge in [0.25, 0.3) is 11.8 Å². The molecule has 0 spiro atoms. The normalized spacial score (nSPS) is 11.0. The smallest absolute Gasteiger partial charge is 0.272 e. The van der Waals surface area contributed by atoms with E-state index in [-0.39, 0.29) is 17.4 Å². The zero-order valence-electron chi connectivity index (χ0n) is 20.4. The first kappa shape index (κ1) is 27.9. The number of benzene rings is 3. The van der Waals surface area contributed by atoms with E-state index >= 15 is 0 Å². The summed E-state index contributed by atoms with van der Waals surface area (Å²) < 4.78 is 0. The van der Waals surface area contributed by atoms with E-state index in [4.69, 9.17) is 23.2 Å². The van der Waals surface area contributed by atoms with E-state index in [1.807, 2.05) is 0 Å². The van der Waals surface area contributed by atoms with Gasteiger partial charge in [-0.05, 0) is 66.7 Å². The third kappa shape index (κ3) is 8.19. The molecule has 0 atom stereocenters. The molecule has 3 N–H and O–H groups in total. The summed E-state index contributed by atoms with van der Waals surface area (Å²) in [5, 5.41) is 8.90. The van der Waals surface area contributed by atoms with Crippen LogP contribution in [0.3, 0.4) is 0 Å². The Morgan fingerprint density at radius 3 is 2.08 bits per heavy atom. The quantitative estimate of drug-likeness (QED) is 0.155. The zero-order chi connectivity index (χ0) is 27.6. The summed E-state index contributed by atoms with van der Waals surface area (Å²) in [5.41, 5.74) is 1.92. The summed E-state index contributed by atoms with van der Waals surface area (Å²) >= 11 is 14.0. The van der Waals surface area contributed by atoms with Crippen LogP contribution in [0.5, 0.6) is 0 Å². The van der Waals surface area contributed by atoms with Gasteiger partial charge >= 0.3 is 0 Å². The number of anilines is 2. The van der Waals surface area contributed by atoms with Crippen molar-refractivity contribution in [2.24, 2.45) is 0 Å². The van der Waals surface area contributed by atoms with E-state index in [0.29, 0.717) is 32.5 Å². The van der Waals surface area contributed by atoms with Gasteiger partial charge in [0.1, 0.15) is 5.70 Å². The van der Waals surface area contributed by atoms with Gasteiger partial charge in [-0.15, -0.1) is 11.8 Å². The summed E-state index contributed by atoms with van der Waals surface area (Å²) in [4.78, 5) is 43.0. The maximum Gasteiger partial charge on any atom is 0.272 e. The Labute approximate surface area is 239 Å². The minimum Gasteiger partial charge on any atom is -0.325 e. The second-order valence-electron chi connectivity index (χ2n) is 8.06. The summed E-state index contributed by atoms with van der Waals surface area (Å²) in [6, 6.07) is 23.9. The molecule has 7 nitrogen and oxygen atoms in total. The number of thioether (sulfide) groups is 1. The van der Waals surface area contributed by atoms with Crippen molar-refractivity contribution >= 4 is 70.1 Å². The number of nitrogens with zero attached hydrogens (tertiary/aromatic N) is 1. The highest BCUT2D eigenvalue weighted by Crippen LogP contribution is 2.27. The van der Waals surface area contributed by atoms with Gasteiger partial charge in [-0.25, -0.2) is 0 Å². The second kappa shape index (κ2) is 13.6. The molecule has 196 valence electrons. The van der Waals surface area contributed by atoms with Gasteiger partial charge in [0.2, 0.25) is 5.91 Å². The van der Waals surface area contributed by atoms with Crippen LogP contribution < -0.4 is 16.0 Å². The van der Waals surface area contributed by atoms with Gasteiger partial charge in [-0.3, -0.25) is 19.4 Å². The minimum absolute atomic E-state index is 0.0370. The maximum absolute atomic E-state index is 13.2. The predicted octanol–water partition coefficient (Wildman–Crippen LogP) is 6.53. The van der Waals surface area contributed by atoms with Crippen LogP contribution in [0.4, 0.5) is 11.4 Å². The SMILES string of the molecule is O=C(CSc1ccc(NC(=O)/C(=C/c2c(Cl)cccc2Cl)NC(=O)c2ccccc2)cc1)Nc1ccncc1. The van der Waals surface area contributed by atoms with Crippen LogP contribution in [-0.2, 0) is 9.59 Å². The first-order chi connectivity index (χ1) is 18.9. The molecule has 3 amide bonds. The maximum atomic E-state index is 13.2. The number of halogens is 2. The zero-order valence-corrected chi connectivity index (χ0v) is 22.7. The molecule has 0 aliphatic heterocycles. The van der Waals surface area contributed by atoms with Crippen LogP contribution in [0.2, 0.25) is 10.0 Å². The Kier molecular flexibility index (Phi) is 9.74. The monoisotopic (exact) mass is 576 g/mol. The van der Waals surface area contributed by atoms with Crippen LogP contribution in [0.15, 0.2) is 108 Å². The number of rotatable bonds is 9. The van der Waals surface area contributed by atoms with Crippen molar-refractivity contribution in [2.45, 2.75) is 4.90 Å². The number of hydrogen-bond acceptors (Lipinski definition) is 5. The minimum atomic E-state index is -0.563. The van der Waals surface area contributed by atoms with Crippen LogP contribution in [0, 0.1) is 0 Å². The molecule has 0 bridgehead atoms. The molecule has 0 fully saturated rings. The topological polar surface area (TPSA) is 100 Å². The molecule has 0 saturated carbocycles. The Morgan fingerprint density at radius 1 is 0.769 bits per heavy atom. The molecule has 1 heterocycles. The lowest BCUT2D eigenvalue weighted by Crippen LogP contribution is -2.30. The van der Waals surface area contributed by atoms with Crippen LogP contribution in [0.1, 0.15) is 15.9 Å². The highest BCUT2D eigenvalue weighted by Gasteiger charge is 2.17. The molecule has 39 heavy (non-hydrogen) atoms. The lowest BCUT2D eigenvalue weighted by molar-refractivity contribution is -0.114. The van der Waals surface area contributed by atoms with E-state index in [1.165, 1.54) is 17.8 Å². The molecule has 0 saturated heterocycles. The molecule has 0 aliphatic rings. The predicted molar refractivity (Wildman–Crippen MR) is 157 cm³/mol. The second-order valence-corrected chi connectivity index (χ2v) is 9.93. The third-order valence-corrected chi connectivity index (χ3v) is 6.93. The Balaban J connectivity index is 1.44. The lowest BCUT2D eigenvalue weighted by atomic mass is 10.1. The van der Waals surface area contributed by atoms with Crippen molar-refractivity contribution in [3.63, 3.8) is 0 Å². The average Bonchev–Trinajstić information content (AvgIpc) is 2.95. The molecule has 3 aromatic carbocycles. The number of aromatic nitrogens is 1. The van der Waals surface area contributed by atoms with Gasteiger partial charge in [0.15, 0.2) is 0 Å². The van der Waals surface area contributed by atoms with Crippen molar-refractivity contribution in [1.82, 2.24) is 10.3 Å². The van der Waals surface area contributed by atoms with Crippen LogP contribution >= 0.6 is 35.0 Å². The Bertz CT molecular complexity index is 1480. The van der Waals surface area contributed by atoms with Crippen molar-refractivity contribution in [3.05, 3.63) is 124 Å². The van der Waals surface area contributed by atoms with E-state index < -0.39 is 11.8 Å². The number of amides is 3. The van der Waals surface area contributed by atoms with Crippen molar-refractivity contribution in [1.29, 1.82) is 0 Å². The van der Waals surface area contributed by atoms with Gasteiger partial charge in [-0.2, -0.15) is 0 Å². The first-order valence-electron chi connectivity index (χ1n) is 11.7. The molecule has 4 rings (SSSR count). The van der Waals surface area contributed by atoms with Crippen LogP contribution in [-0.4, -0.2) is 28.5 Å². The van der Waals surface area contributed by atoms with Gasteiger partial charge < -0.3 is 16.0 Å². The highest BCUT2D eigenvalue weighted by atomic mass is 35.5. The van der Waals surface area contributed by atoms with Crippen molar-refractivity contribution in [3.8, 4) is 0 Å². The van der Waals surface area contributed by atoms with Crippen molar-refractivity contribution < 1.29 is 14.4 Å². The number of nitrogens with one attached hydrogen (secondary N) is 3. The number of carbonyl (C=O) groups excluding carboxylic acids is 3. The average molecular weight is 577 g/mol. The fourth-order valence-corrected chi connectivity index (χ4v) is 4.55. The van der Waals surface area contributed by atoms with E-state index in [9.17, 15) is 14.4 Å². The Hall–Kier alpha value is -4.11. The Morgan fingerprint density at radius 2 is 1.41 bits per heavy atom. The van der Waals surface area contributed by atoms with Gasteiger partial charge in [0, 0.05) is 49.8 Å². The number of hydrogen-bond donors (Lipinski definition) is 3. The number of carbonyl (C=O) groups is 3. The third-order valence-electron chi connectivity index (χ3n) is 5.26. The largest absolute Gasteiger partial charge is 0.325 e. The molecule has 1 aromatic heterocycles. The summed E-state index contributed by atoms with van der Waals surface area (Å²) in [7, 11) is 0. The van der Waals surface area contributed by atoms with E-state index in [2.05, 4.69) is 20.9 Å². The lowest BCUT2D eigenvalue weighted by Gasteiger charge is -2.13. The summed E-state index contributed by atoms with van der Waals surface area (Å²) in [6.45, 7) is 0. The molecule has 4 aromatic rings. The van der Waals surface area contributed by atoms with E-state index in [0.717, 1.165) is 4.90 Å². The highest BCUT2D eigenvalue weighted by molar-refractivity contribution is 8.00. The fraction of sp³-hybridized carbons (Fsp3) is 0.0345. The molecule has 0 aliphatic carbocycles. The van der Waals surface area contributed by atoms with Gasteiger partial charge in [0.05, 0.1) is 5.75 Å². The fourth-order valence-electron chi connectivity index (χ4n) is 3.35. The molecule has 10 heteroatoms. The van der Waals surface area contributed by atoms with Gasteiger partial charge in [-0.1, -0.05) is 47.5 Å². The molecule has 0 unspecified atom stereocenters. The molecular weight excluding hydrogens is 555 g/mol. The summed E-state index contributed by atoms with van der Waals surface area (Å²) in [6.07, 6.45) is 4.64. The van der Waals surface area contributed by atoms with Crippen molar-refractivity contribution in [2.75, 3.05) is 16.4 Å². The standard InChI is InChI=1S/C29H22Cl2N4O3S/c30-24-7-4-8-25(31)23(24)17-26(35-28(37)19-5-2-1-3-6-19)29(38)34-20-9-11-22(12-10-20)39-18-27(36)33-21-13-15-32-16-14-21/h1-17H,18H2,(H,34,38)(H,35,37)(H,32,33,36)/b26-17-.